The van der Waals surface area contributed by atoms with Crippen LogP contribution in [0.25, 0.3) is 0 Å². The molecule has 2 fully saturated rings. The van der Waals surface area contributed by atoms with Gasteiger partial charge in [-0.05, 0) is 68.7 Å². The molecule has 1 amide bonds. The highest BCUT2D eigenvalue weighted by Crippen LogP contribution is 2.37. The molecule has 0 saturated carbocycles. The molecule has 3 aromatic carbocycles. The number of nitrogens with zero attached hydrogens (tertiary/aromatic N) is 3. The second-order valence-corrected chi connectivity index (χ2v) is 10.2. The van der Waals surface area contributed by atoms with Crippen LogP contribution >= 0.6 is 0 Å². The number of ether oxygens (including phenoxy) is 2. The van der Waals surface area contributed by atoms with E-state index in [1.165, 1.54) is 11.6 Å². The predicted molar refractivity (Wildman–Crippen MR) is 152 cm³/mol. The average Bonchev–Trinajstić information content (AvgIpc) is 3.52. The van der Waals surface area contributed by atoms with Gasteiger partial charge in [0.25, 0.3) is 5.91 Å². The Balaban J connectivity index is 1.42. The molecule has 0 spiro atoms. The lowest BCUT2D eigenvalue weighted by Crippen LogP contribution is -2.43. The first-order valence-corrected chi connectivity index (χ1v) is 14.0. The fraction of sp³-hybridized carbons (Fsp3) is 0.406. The first-order chi connectivity index (χ1) is 19.1. The number of halogens is 1. The molecule has 0 N–H and O–H groups in total. The van der Waals surface area contributed by atoms with E-state index in [4.69, 9.17) is 9.47 Å². The van der Waals surface area contributed by atoms with Crippen molar-refractivity contribution in [2.24, 2.45) is 0 Å². The number of carbonyl (C=O) groups excluding carboxylic acids is 1. The Hall–Kier alpha value is -3.26. The number of carbonyl (C=O) groups is 1. The summed E-state index contributed by atoms with van der Waals surface area (Å²) in [5.74, 6) is -0.275. The maximum Gasteiger partial charge on any atom is 0.253 e. The zero-order valence-electron chi connectivity index (χ0n) is 22.9. The van der Waals surface area contributed by atoms with E-state index in [0.717, 1.165) is 43.7 Å². The third-order valence-electron chi connectivity index (χ3n) is 7.74. The first-order valence-electron chi connectivity index (χ1n) is 14.0. The smallest absolute Gasteiger partial charge is 0.253 e. The molecule has 0 aromatic heterocycles. The number of anilines is 2. The number of benzene rings is 3. The largest absolute Gasteiger partial charge is 0.346 e. The summed E-state index contributed by atoms with van der Waals surface area (Å²) in [7, 11) is 0. The van der Waals surface area contributed by atoms with Crippen LogP contribution in [-0.4, -0.2) is 61.1 Å². The van der Waals surface area contributed by atoms with Crippen LogP contribution in [0.15, 0.2) is 72.8 Å². The molecule has 5 rings (SSSR count). The Morgan fingerprint density at radius 2 is 1.59 bits per heavy atom. The minimum atomic E-state index is -0.479. The Morgan fingerprint density at radius 1 is 0.923 bits per heavy atom. The summed E-state index contributed by atoms with van der Waals surface area (Å²) >= 11 is 0. The second-order valence-electron chi connectivity index (χ2n) is 10.2. The summed E-state index contributed by atoms with van der Waals surface area (Å²) in [6, 6.07) is 23.3. The molecule has 0 unspecified atom stereocenters. The van der Waals surface area contributed by atoms with Crippen molar-refractivity contribution < 1.29 is 18.7 Å². The van der Waals surface area contributed by atoms with Gasteiger partial charge in [0, 0.05) is 55.6 Å². The number of likely N-dealkylation sites (tertiary alicyclic amines) is 1. The fourth-order valence-electron chi connectivity index (χ4n) is 5.59. The van der Waals surface area contributed by atoms with Crippen LogP contribution in [-0.2, 0) is 16.0 Å². The molecule has 2 aliphatic heterocycles. The predicted octanol–water partition coefficient (Wildman–Crippen LogP) is 6.16. The summed E-state index contributed by atoms with van der Waals surface area (Å²) in [5, 5.41) is 0. The molecule has 2 saturated heterocycles. The van der Waals surface area contributed by atoms with Gasteiger partial charge in [-0.2, -0.15) is 0 Å². The summed E-state index contributed by atoms with van der Waals surface area (Å²) in [4.78, 5) is 19.3. The lowest BCUT2D eigenvalue weighted by atomic mass is 9.99. The molecule has 0 atom stereocenters. The Labute approximate surface area is 230 Å². The number of hydrogen-bond acceptors (Lipinski definition) is 5. The summed E-state index contributed by atoms with van der Waals surface area (Å²) < 4.78 is 26.9. The highest BCUT2D eigenvalue weighted by atomic mass is 19.1. The van der Waals surface area contributed by atoms with Crippen molar-refractivity contribution >= 4 is 17.3 Å². The van der Waals surface area contributed by atoms with Crippen LogP contribution in [0.1, 0.15) is 54.5 Å². The van der Waals surface area contributed by atoms with Crippen molar-refractivity contribution in [2.45, 2.75) is 45.6 Å². The fourth-order valence-corrected chi connectivity index (χ4v) is 5.59. The average molecular weight is 532 g/mol. The van der Waals surface area contributed by atoms with Gasteiger partial charge in [-0.3, -0.25) is 9.69 Å². The minimum Gasteiger partial charge on any atom is -0.346 e. The van der Waals surface area contributed by atoms with Crippen molar-refractivity contribution in [3.63, 3.8) is 0 Å². The van der Waals surface area contributed by atoms with Crippen LogP contribution in [0, 0.1) is 5.82 Å². The lowest BCUT2D eigenvalue weighted by molar-refractivity contribution is -0.0441. The van der Waals surface area contributed by atoms with E-state index < -0.39 is 6.29 Å². The Kier molecular flexibility index (Phi) is 8.91. The number of hydrogen-bond donors (Lipinski definition) is 0. The summed E-state index contributed by atoms with van der Waals surface area (Å²) in [6.45, 7) is 9.10. The van der Waals surface area contributed by atoms with Gasteiger partial charge in [-0.15, -0.1) is 0 Å². The molecular formula is C32H38FN3O3. The van der Waals surface area contributed by atoms with E-state index in [9.17, 15) is 4.79 Å². The van der Waals surface area contributed by atoms with Crippen molar-refractivity contribution in [1.29, 1.82) is 0 Å². The van der Waals surface area contributed by atoms with Crippen LogP contribution in [0.4, 0.5) is 15.8 Å². The molecule has 7 heteroatoms. The highest BCUT2D eigenvalue weighted by molar-refractivity contribution is 5.94. The number of rotatable bonds is 9. The standard InChI is InChI=1S/C32H38FN3O3/c1-3-35(4-2)31(37)25-10-13-27(14-11-25)36(30-22-26(12-15-29(30)33)32-38-20-21-39-32)28-16-18-34(19-17-28)23-24-8-6-5-7-9-24/h5-15,22,28,32H,3-4,16-21,23H2,1-2H3. The van der Waals surface area contributed by atoms with E-state index >= 15 is 4.39 Å². The topological polar surface area (TPSA) is 45.3 Å². The van der Waals surface area contributed by atoms with E-state index in [-0.39, 0.29) is 17.8 Å². The SMILES string of the molecule is CCN(CC)C(=O)c1ccc(N(c2cc(C3OCCO3)ccc2F)C2CCN(Cc3ccccc3)CC2)cc1. The van der Waals surface area contributed by atoms with Gasteiger partial charge in [0.15, 0.2) is 6.29 Å². The number of amides is 1. The van der Waals surface area contributed by atoms with Gasteiger partial charge >= 0.3 is 0 Å². The van der Waals surface area contributed by atoms with E-state index in [1.54, 1.807) is 11.0 Å². The van der Waals surface area contributed by atoms with Crippen LogP contribution in [0.2, 0.25) is 0 Å². The molecule has 0 radical (unpaired) electrons. The molecule has 0 aliphatic carbocycles. The van der Waals surface area contributed by atoms with Gasteiger partial charge < -0.3 is 19.3 Å². The molecule has 206 valence electrons. The van der Waals surface area contributed by atoms with Crippen molar-refractivity contribution in [1.82, 2.24) is 9.80 Å². The van der Waals surface area contributed by atoms with Crippen LogP contribution in [0.3, 0.4) is 0 Å². The molecule has 3 aromatic rings. The third kappa shape index (κ3) is 6.32. The molecule has 6 nitrogen and oxygen atoms in total. The van der Waals surface area contributed by atoms with E-state index in [1.807, 2.05) is 50.2 Å². The highest BCUT2D eigenvalue weighted by Gasteiger charge is 2.29. The van der Waals surface area contributed by atoms with E-state index in [2.05, 4.69) is 34.1 Å². The van der Waals surface area contributed by atoms with Gasteiger partial charge in [0.1, 0.15) is 5.82 Å². The normalized spacial score (nSPS) is 16.9. The third-order valence-corrected chi connectivity index (χ3v) is 7.74. The summed E-state index contributed by atoms with van der Waals surface area (Å²) in [6.07, 6.45) is 1.31. The number of piperidine rings is 1. The van der Waals surface area contributed by atoms with Crippen molar-refractivity contribution in [3.05, 3.63) is 95.3 Å². The molecule has 2 heterocycles. The maximum atomic E-state index is 15.5. The zero-order valence-corrected chi connectivity index (χ0v) is 22.9. The Bertz CT molecular complexity index is 1220. The quantitative estimate of drug-likeness (QED) is 0.331. The minimum absolute atomic E-state index is 0.0102. The molecule has 2 aliphatic rings. The van der Waals surface area contributed by atoms with Gasteiger partial charge in [0.2, 0.25) is 0 Å². The van der Waals surface area contributed by atoms with Gasteiger partial charge in [0.05, 0.1) is 18.9 Å². The Morgan fingerprint density at radius 3 is 2.23 bits per heavy atom. The van der Waals surface area contributed by atoms with Crippen LogP contribution < -0.4 is 4.90 Å². The van der Waals surface area contributed by atoms with E-state index in [0.29, 0.717) is 37.6 Å². The van der Waals surface area contributed by atoms with Crippen molar-refractivity contribution in [2.75, 3.05) is 44.3 Å². The second kappa shape index (κ2) is 12.7. The molecular weight excluding hydrogens is 493 g/mol. The van der Waals surface area contributed by atoms with Gasteiger partial charge in [-0.1, -0.05) is 36.4 Å². The summed E-state index contributed by atoms with van der Waals surface area (Å²) in [5.41, 5.74) is 4.13. The van der Waals surface area contributed by atoms with Crippen molar-refractivity contribution in [3.8, 4) is 0 Å². The zero-order chi connectivity index (χ0) is 27.2. The van der Waals surface area contributed by atoms with Crippen LogP contribution in [0.5, 0.6) is 0 Å². The first kappa shape index (κ1) is 27.3. The molecule has 0 bridgehead atoms. The lowest BCUT2D eigenvalue weighted by Gasteiger charge is -2.40. The monoisotopic (exact) mass is 531 g/mol. The van der Waals surface area contributed by atoms with Gasteiger partial charge in [-0.25, -0.2) is 4.39 Å². The maximum absolute atomic E-state index is 15.5. The molecule has 39 heavy (non-hydrogen) atoms.